The summed E-state index contributed by atoms with van der Waals surface area (Å²) in [5.74, 6) is -0.0625. The molecule has 0 aliphatic carbocycles. The first-order valence-corrected chi connectivity index (χ1v) is 8.12. The minimum atomic E-state index is -0.125. The summed E-state index contributed by atoms with van der Waals surface area (Å²) in [6, 6.07) is 18.4. The molecule has 0 spiro atoms. The summed E-state index contributed by atoms with van der Waals surface area (Å²) in [6.07, 6.45) is 5.05. The van der Waals surface area contributed by atoms with Gasteiger partial charge in [0.15, 0.2) is 18.5 Å². The Morgan fingerprint density at radius 2 is 1.93 bits per heavy atom. The maximum absolute atomic E-state index is 10.0. The summed E-state index contributed by atoms with van der Waals surface area (Å²) >= 11 is 0. The normalized spacial score (nSPS) is 12.9. The van der Waals surface area contributed by atoms with E-state index in [0.717, 1.165) is 27.6 Å². The molecule has 0 amide bonds. The number of benzene rings is 2. The summed E-state index contributed by atoms with van der Waals surface area (Å²) in [5, 5.41) is 10.6. The van der Waals surface area contributed by atoms with E-state index in [1.807, 2.05) is 58.9 Å². The van der Waals surface area contributed by atoms with Crippen molar-refractivity contribution in [3.63, 3.8) is 0 Å². The number of rotatable bonds is 2. The Bertz CT molecular complexity index is 1130. The van der Waals surface area contributed by atoms with Crippen molar-refractivity contribution in [3.8, 4) is 0 Å². The molecule has 2 aromatic carbocycles. The van der Waals surface area contributed by atoms with Crippen LogP contribution in [0.25, 0.3) is 21.9 Å². The van der Waals surface area contributed by atoms with Gasteiger partial charge < -0.3 is 9.52 Å². The van der Waals surface area contributed by atoms with Crippen molar-refractivity contribution >= 4 is 39.4 Å². The van der Waals surface area contributed by atoms with Crippen molar-refractivity contribution in [1.82, 2.24) is 0 Å². The molecule has 0 saturated carbocycles. The number of aliphatic hydroxyl groups is 1. The van der Waals surface area contributed by atoms with Crippen LogP contribution in [0.3, 0.4) is 0 Å². The number of carbonyl (C=O) groups excluding carboxylic acids is 1. The van der Waals surface area contributed by atoms with E-state index in [1.54, 1.807) is 0 Å². The fourth-order valence-electron chi connectivity index (χ4n) is 2.68. The second-order valence-corrected chi connectivity index (χ2v) is 5.94. The van der Waals surface area contributed by atoms with Crippen LogP contribution in [-0.4, -0.2) is 33.1 Å². The van der Waals surface area contributed by atoms with Crippen LogP contribution in [0.5, 0.6) is 0 Å². The molecule has 6 heteroatoms. The number of allylic oxidation sites excluding steroid dienone is 2. The summed E-state index contributed by atoms with van der Waals surface area (Å²) < 4.78 is 9.73. The molecule has 27 heavy (non-hydrogen) atoms. The summed E-state index contributed by atoms with van der Waals surface area (Å²) in [5.41, 5.74) is 2.63. The van der Waals surface area contributed by atoms with Crippen molar-refractivity contribution in [2.45, 2.75) is 13.8 Å². The Hall–Kier alpha value is -2.78. The zero-order valence-corrected chi connectivity index (χ0v) is 17.6. The average Bonchev–Trinajstić information content (AvgIpc) is 3.17. The Morgan fingerprint density at radius 3 is 2.52 bits per heavy atom. The molecule has 3 aromatic rings. The first-order chi connectivity index (χ1) is 12.5. The van der Waals surface area contributed by atoms with Gasteiger partial charge in [0.05, 0.1) is 11.3 Å². The minimum Gasteiger partial charge on any atom is -0.512 e. The largest absolute Gasteiger partial charge is 0.512 e. The fraction of sp³-hybridized carbons (Fsp3) is 0.143. The fourth-order valence-corrected chi connectivity index (χ4v) is 2.68. The van der Waals surface area contributed by atoms with E-state index in [-0.39, 0.29) is 31.6 Å². The van der Waals surface area contributed by atoms with Crippen molar-refractivity contribution in [1.29, 1.82) is 0 Å². The van der Waals surface area contributed by atoms with Gasteiger partial charge in [-0.05, 0) is 19.9 Å². The van der Waals surface area contributed by atoms with E-state index in [9.17, 15) is 4.79 Å². The standard InChI is InChI=1S/C16H11N2O.C5H8O2.Ir/c1-17-9-10-18(11-17)14-7-4-6-13-12-5-2-3-8-15(12)19-16(13)14;1-4(6)3-5(2)7;/h2-6,8-10H,1H3;3,6H,1-2H3;/q+1;;/b;4-3-;. The van der Waals surface area contributed by atoms with Crippen LogP contribution in [0.15, 0.2) is 65.1 Å². The van der Waals surface area contributed by atoms with Crippen LogP contribution >= 0.6 is 0 Å². The van der Waals surface area contributed by atoms with Gasteiger partial charge in [-0.25, -0.2) is 0 Å². The first-order valence-electron chi connectivity index (χ1n) is 8.12. The third kappa shape index (κ3) is 4.69. The molecular weight excluding hydrogens is 520 g/mol. The summed E-state index contributed by atoms with van der Waals surface area (Å²) in [6.45, 7) is 2.85. The van der Waals surface area contributed by atoms with Crippen molar-refractivity contribution in [3.05, 3.63) is 66.7 Å². The molecule has 1 aromatic heterocycles. The second-order valence-electron chi connectivity index (χ2n) is 5.94. The summed E-state index contributed by atoms with van der Waals surface area (Å²) in [4.78, 5) is 10.0. The maximum atomic E-state index is 10.0. The van der Waals surface area contributed by atoms with E-state index in [0.29, 0.717) is 0 Å². The Kier molecular flexibility index (Phi) is 6.64. The van der Waals surface area contributed by atoms with E-state index >= 15 is 0 Å². The van der Waals surface area contributed by atoms with Crippen LogP contribution in [0, 0.1) is 6.07 Å². The third-order valence-corrected chi connectivity index (χ3v) is 3.68. The van der Waals surface area contributed by atoms with Crippen LogP contribution in [0.2, 0.25) is 0 Å². The van der Waals surface area contributed by atoms with Crippen LogP contribution in [-0.2, 0) is 24.9 Å². The minimum absolute atomic E-state index is 0. The molecule has 0 bridgehead atoms. The molecule has 139 valence electrons. The average molecular weight is 540 g/mol. The number of hydrogen-bond donors (Lipinski definition) is 1. The number of carbonyl (C=O) groups is 1. The van der Waals surface area contributed by atoms with Gasteiger partial charge in [0.1, 0.15) is 5.58 Å². The van der Waals surface area contributed by atoms with Gasteiger partial charge >= 0.3 is 6.01 Å². The van der Waals surface area contributed by atoms with E-state index < -0.39 is 0 Å². The SMILES string of the molecule is CC(=O)/C=C(/C)O.C[N+]1=C=[N+](c2[c-]ccc3c2oc2ccccc23)C=C1.[Ir]. The van der Waals surface area contributed by atoms with E-state index in [2.05, 4.69) is 18.1 Å². The van der Waals surface area contributed by atoms with Crippen LogP contribution < -0.4 is 0 Å². The molecule has 0 saturated heterocycles. The third-order valence-electron chi connectivity index (χ3n) is 3.68. The van der Waals surface area contributed by atoms with Gasteiger partial charge in [-0.15, -0.1) is 6.07 Å². The van der Waals surface area contributed by atoms with Gasteiger partial charge in [-0.2, -0.15) is 12.1 Å². The zero-order chi connectivity index (χ0) is 18.7. The molecular formula is C21H19IrN2O3+. The first kappa shape index (κ1) is 20.5. The number of aliphatic hydroxyl groups excluding tert-OH is 1. The van der Waals surface area contributed by atoms with E-state index in [1.165, 1.54) is 19.9 Å². The zero-order valence-electron chi connectivity index (χ0n) is 15.2. The molecule has 1 aliphatic rings. The number of hydrogen-bond acceptors (Lipinski definition) is 3. The molecule has 2 heterocycles. The van der Waals surface area contributed by atoms with Gasteiger partial charge in [-0.3, -0.25) is 4.79 Å². The predicted octanol–water partition coefficient (Wildman–Crippen LogP) is 4.37. The van der Waals surface area contributed by atoms with Gasteiger partial charge in [0.25, 0.3) is 6.20 Å². The van der Waals surface area contributed by atoms with Crippen molar-refractivity contribution in [2.75, 3.05) is 7.05 Å². The molecule has 1 aliphatic heterocycles. The molecule has 0 fully saturated rings. The smallest absolute Gasteiger partial charge is 0.493 e. The van der Waals surface area contributed by atoms with E-state index in [4.69, 9.17) is 9.52 Å². The van der Waals surface area contributed by atoms with Crippen molar-refractivity contribution < 1.29 is 43.6 Å². The van der Waals surface area contributed by atoms with Crippen molar-refractivity contribution in [2.24, 2.45) is 0 Å². The molecule has 5 nitrogen and oxygen atoms in total. The molecule has 0 atom stereocenters. The van der Waals surface area contributed by atoms with Crippen LogP contribution in [0.1, 0.15) is 13.8 Å². The van der Waals surface area contributed by atoms with Gasteiger partial charge in [0, 0.05) is 31.6 Å². The second kappa shape index (κ2) is 8.74. The molecule has 1 N–H and O–H groups in total. The van der Waals surface area contributed by atoms with Gasteiger partial charge in [0.2, 0.25) is 6.20 Å². The number of furan rings is 1. The number of ketones is 1. The topological polar surface area (TPSA) is 56.5 Å². The quantitative estimate of drug-likeness (QED) is 0.228. The van der Waals surface area contributed by atoms with Gasteiger partial charge in [-0.1, -0.05) is 32.7 Å². The molecule has 0 unspecified atom stereocenters. The predicted molar refractivity (Wildman–Crippen MR) is 99.9 cm³/mol. The molecule has 4 rings (SSSR count). The number of fused-ring (bicyclic) bond motifs is 3. The molecule has 1 radical (unpaired) electrons. The summed E-state index contributed by atoms with van der Waals surface area (Å²) in [7, 11) is 1.94. The Balaban J connectivity index is 0.000000285. The Morgan fingerprint density at radius 1 is 1.19 bits per heavy atom. The maximum Gasteiger partial charge on any atom is 0.493 e. The number of para-hydroxylation sites is 1. The number of nitrogens with zero attached hydrogens (tertiary/aromatic N) is 2. The van der Waals surface area contributed by atoms with Crippen LogP contribution in [0.4, 0.5) is 5.69 Å². The monoisotopic (exact) mass is 540 g/mol. The Labute approximate surface area is 170 Å².